The minimum absolute atomic E-state index is 0.174. The highest BCUT2D eigenvalue weighted by Crippen LogP contribution is 2.10. The first-order chi connectivity index (χ1) is 11.1. The van der Waals surface area contributed by atoms with Crippen molar-refractivity contribution in [1.29, 1.82) is 0 Å². The molecular weight excluding hydrogens is 298 g/mol. The van der Waals surface area contributed by atoms with Crippen molar-refractivity contribution in [2.24, 2.45) is 0 Å². The third kappa shape index (κ3) is 3.68. The van der Waals surface area contributed by atoms with Crippen LogP contribution in [0.3, 0.4) is 0 Å². The summed E-state index contributed by atoms with van der Waals surface area (Å²) in [6, 6.07) is 7.08. The summed E-state index contributed by atoms with van der Waals surface area (Å²) in [5.74, 6) is -0.304. The van der Waals surface area contributed by atoms with E-state index in [1.807, 2.05) is 0 Å². The molecule has 0 bridgehead atoms. The van der Waals surface area contributed by atoms with Gasteiger partial charge in [-0.1, -0.05) is 12.1 Å². The topological polar surface area (TPSA) is 82.3 Å². The van der Waals surface area contributed by atoms with Gasteiger partial charge in [0.05, 0.1) is 11.0 Å². The third-order valence-electron chi connectivity index (χ3n) is 3.60. The number of amides is 1. The van der Waals surface area contributed by atoms with Crippen LogP contribution < -0.4 is 16.4 Å². The molecule has 2 aromatic rings. The van der Waals surface area contributed by atoms with Gasteiger partial charge in [-0.15, -0.1) is 0 Å². The molecule has 0 spiro atoms. The van der Waals surface area contributed by atoms with Crippen molar-refractivity contribution in [2.75, 3.05) is 20.3 Å². The summed E-state index contributed by atoms with van der Waals surface area (Å²) in [4.78, 5) is 36.5. The maximum Gasteiger partial charge on any atom is 0.317 e. The number of nitrogens with one attached hydrogen (secondary N) is 1. The van der Waals surface area contributed by atoms with Crippen molar-refractivity contribution in [2.45, 2.75) is 26.4 Å². The van der Waals surface area contributed by atoms with Crippen LogP contribution in [0.1, 0.15) is 13.3 Å². The van der Waals surface area contributed by atoms with Crippen molar-refractivity contribution in [1.82, 2.24) is 14.5 Å². The first kappa shape index (κ1) is 17.0. The molecule has 0 aliphatic heterocycles. The van der Waals surface area contributed by atoms with Crippen molar-refractivity contribution < 1.29 is 9.53 Å². The number of methoxy groups -OCH3 is 1. The molecule has 0 aliphatic rings. The lowest BCUT2D eigenvalue weighted by atomic mass is 10.2. The van der Waals surface area contributed by atoms with E-state index in [1.54, 1.807) is 38.3 Å². The molecular formula is C16H21N3O4. The van der Waals surface area contributed by atoms with E-state index in [4.69, 9.17) is 4.74 Å². The molecule has 23 heavy (non-hydrogen) atoms. The van der Waals surface area contributed by atoms with Crippen LogP contribution in [0.15, 0.2) is 33.9 Å². The Labute approximate surface area is 133 Å². The van der Waals surface area contributed by atoms with Gasteiger partial charge in [0.25, 0.3) is 0 Å². The lowest BCUT2D eigenvalue weighted by Gasteiger charge is -2.13. The van der Waals surface area contributed by atoms with Gasteiger partial charge in [-0.25, -0.2) is 0 Å². The molecule has 0 saturated heterocycles. The summed E-state index contributed by atoms with van der Waals surface area (Å²) in [5.41, 5.74) is -0.0752. The molecule has 1 aromatic heterocycles. The summed E-state index contributed by atoms with van der Waals surface area (Å²) in [7, 11) is 1.59. The molecule has 1 N–H and O–H groups in total. The number of benzene rings is 1. The van der Waals surface area contributed by atoms with Crippen molar-refractivity contribution in [3.05, 3.63) is 45.0 Å². The minimum atomic E-state index is -0.683. The number of hydrogen-bond donors (Lipinski definition) is 1. The fourth-order valence-electron chi connectivity index (χ4n) is 2.49. The molecule has 2 rings (SSSR count). The first-order valence-electron chi connectivity index (χ1n) is 7.58. The number of rotatable bonds is 7. The second-order valence-electron chi connectivity index (χ2n) is 5.13. The minimum Gasteiger partial charge on any atom is -0.385 e. The monoisotopic (exact) mass is 319 g/mol. The van der Waals surface area contributed by atoms with Crippen LogP contribution in [0.4, 0.5) is 0 Å². The zero-order valence-electron chi connectivity index (χ0n) is 13.4. The smallest absolute Gasteiger partial charge is 0.317 e. The van der Waals surface area contributed by atoms with Crippen LogP contribution in [0.2, 0.25) is 0 Å². The van der Waals surface area contributed by atoms with Crippen LogP contribution >= 0.6 is 0 Å². The van der Waals surface area contributed by atoms with E-state index >= 15 is 0 Å². The average Bonchev–Trinajstić information content (AvgIpc) is 2.56. The molecule has 1 aromatic carbocycles. The molecule has 0 radical (unpaired) electrons. The molecule has 7 heteroatoms. The van der Waals surface area contributed by atoms with Gasteiger partial charge in [0.15, 0.2) is 0 Å². The Kier molecular flexibility index (Phi) is 5.70. The Morgan fingerprint density at radius 1 is 1.13 bits per heavy atom. The van der Waals surface area contributed by atoms with Gasteiger partial charge in [0.2, 0.25) is 5.91 Å². The summed E-state index contributed by atoms with van der Waals surface area (Å²) in [6.07, 6.45) is 0.690. The van der Waals surface area contributed by atoms with Crippen molar-refractivity contribution >= 4 is 16.9 Å². The third-order valence-corrected chi connectivity index (χ3v) is 3.60. The number of aryl methyl sites for hydroxylation is 1. The standard InChI is InChI=1S/C16H21N3O4/c1-3-18-12-7-4-5-8-13(12)19(16(22)15(18)21)11-14(20)17-9-6-10-23-2/h4-5,7-8H,3,6,9-11H2,1-2H3,(H,17,20). The maximum absolute atomic E-state index is 12.3. The molecule has 0 unspecified atom stereocenters. The van der Waals surface area contributed by atoms with E-state index in [0.717, 1.165) is 0 Å². The Bertz CT molecular complexity index is 807. The largest absolute Gasteiger partial charge is 0.385 e. The van der Waals surface area contributed by atoms with Crippen LogP contribution in [-0.2, 0) is 22.6 Å². The average molecular weight is 319 g/mol. The fraction of sp³-hybridized carbons (Fsp3) is 0.438. The SMILES string of the molecule is CCn1c(=O)c(=O)n(CC(=O)NCCCOC)c2ccccc21. The zero-order valence-corrected chi connectivity index (χ0v) is 13.4. The van der Waals surface area contributed by atoms with Crippen LogP contribution in [0, 0.1) is 0 Å². The number of carbonyl (C=O) groups is 1. The normalized spacial score (nSPS) is 10.9. The molecule has 124 valence electrons. The number of aromatic nitrogens is 2. The first-order valence-corrected chi connectivity index (χ1v) is 7.58. The highest BCUT2D eigenvalue weighted by molar-refractivity contribution is 5.80. The van der Waals surface area contributed by atoms with Crippen LogP contribution in [0.25, 0.3) is 11.0 Å². The molecule has 1 amide bonds. The van der Waals surface area contributed by atoms with Gasteiger partial charge < -0.3 is 14.6 Å². The van der Waals surface area contributed by atoms with Crippen molar-refractivity contribution in [3.8, 4) is 0 Å². The van der Waals surface area contributed by atoms with E-state index in [2.05, 4.69) is 5.32 Å². The summed E-state index contributed by atoms with van der Waals surface area (Å²) in [5, 5.41) is 2.72. The molecule has 0 aliphatic carbocycles. The number of ether oxygens (including phenoxy) is 1. The maximum atomic E-state index is 12.3. The van der Waals surface area contributed by atoms with Gasteiger partial charge in [-0.05, 0) is 25.5 Å². The van der Waals surface area contributed by atoms with Crippen molar-refractivity contribution in [3.63, 3.8) is 0 Å². The lowest BCUT2D eigenvalue weighted by Crippen LogP contribution is -2.43. The predicted molar refractivity (Wildman–Crippen MR) is 87.6 cm³/mol. The Morgan fingerprint density at radius 3 is 2.35 bits per heavy atom. The van der Waals surface area contributed by atoms with Gasteiger partial charge >= 0.3 is 11.1 Å². The molecule has 1 heterocycles. The van der Waals surface area contributed by atoms with E-state index in [-0.39, 0.29) is 12.5 Å². The van der Waals surface area contributed by atoms with E-state index in [0.29, 0.717) is 37.2 Å². The number of fused-ring (bicyclic) bond motifs is 1. The Hall–Kier alpha value is -2.41. The Balaban J connectivity index is 2.34. The summed E-state index contributed by atoms with van der Waals surface area (Å²) >= 11 is 0. The predicted octanol–water partition coefficient (Wildman–Crippen LogP) is 0.336. The van der Waals surface area contributed by atoms with Gasteiger partial charge in [0.1, 0.15) is 6.54 Å². The zero-order chi connectivity index (χ0) is 16.8. The molecule has 0 atom stereocenters. The molecule has 7 nitrogen and oxygen atoms in total. The van der Waals surface area contributed by atoms with E-state index in [1.165, 1.54) is 9.13 Å². The molecule has 0 fully saturated rings. The quantitative estimate of drug-likeness (QED) is 0.589. The van der Waals surface area contributed by atoms with Crippen LogP contribution in [-0.4, -0.2) is 35.3 Å². The van der Waals surface area contributed by atoms with Gasteiger partial charge in [-0.3, -0.25) is 19.0 Å². The van der Waals surface area contributed by atoms with Gasteiger partial charge in [0, 0.05) is 26.8 Å². The second kappa shape index (κ2) is 7.73. The number of nitrogens with zero attached hydrogens (tertiary/aromatic N) is 2. The van der Waals surface area contributed by atoms with E-state index in [9.17, 15) is 14.4 Å². The Morgan fingerprint density at radius 2 is 1.74 bits per heavy atom. The fourth-order valence-corrected chi connectivity index (χ4v) is 2.49. The summed E-state index contributed by atoms with van der Waals surface area (Å²) in [6.45, 7) is 3.05. The van der Waals surface area contributed by atoms with Gasteiger partial charge in [-0.2, -0.15) is 0 Å². The second-order valence-corrected chi connectivity index (χ2v) is 5.13. The lowest BCUT2D eigenvalue weighted by molar-refractivity contribution is -0.121. The molecule has 0 saturated carbocycles. The van der Waals surface area contributed by atoms with E-state index < -0.39 is 11.1 Å². The number of hydrogen-bond acceptors (Lipinski definition) is 4. The summed E-state index contributed by atoms with van der Waals surface area (Å²) < 4.78 is 7.56. The highest BCUT2D eigenvalue weighted by atomic mass is 16.5. The van der Waals surface area contributed by atoms with Crippen LogP contribution in [0.5, 0.6) is 0 Å². The number of para-hydroxylation sites is 2. The number of carbonyl (C=O) groups excluding carboxylic acids is 1. The highest BCUT2D eigenvalue weighted by Gasteiger charge is 2.14.